The molecule has 0 bridgehead atoms. The van der Waals surface area contributed by atoms with E-state index in [-0.39, 0.29) is 0 Å². The van der Waals surface area contributed by atoms with Gasteiger partial charge in [0.2, 0.25) is 0 Å². The van der Waals surface area contributed by atoms with E-state index in [4.69, 9.17) is 23.2 Å². The van der Waals surface area contributed by atoms with E-state index in [1.807, 2.05) is 27.5 Å². The Hall–Kier alpha value is -2.32. The first-order valence-corrected chi connectivity index (χ1v) is 28.4. The minimum atomic E-state index is -3.92. The van der Waals surface area contributed by atoms with Crippen LogP contribution in [-0.2, 0) is 18.0 Å². The average Bonchev–Trinajstić information content (AvgIpc) is 3.74. The first-order valence-electron chi connectivity index (χ1n) is 14.5. The second-order valence-corrected chi connectivity index (χ2v) is 39.4. The number of rotatable bonds is 4. The van der Waals surface area contributed by atoms with Crippen LogP contribution in [0.4, 0.5) is 0 Å². The fourth-order valence-corrected chi connectivity index (χ4v) is 33.6. The molecule has 2 unspecified atom stereocenters. The minimum absolute atomic E-state index is 0.493. The standard InChI is InChI=1S/2C15H10Cl.C5H8.2CH3.Hf/c2*16-13-9-7-12(8-10-13)15-6-2-4-11-3-1-5-14(11)15;1-2-4-5-3-1;;;/h2*1-10H;1-4H2;2*1H3;. The maximum absolute atomic E-state index is 6.24. The van der Waals surface area contributed by atoms with Crippen molar-refractivity contribution in [3.8, 4) is 22.3 Å². The van der Waals surface area contributed by atoms with Crippen molar-refractivity contribution < 1.29 is 18.0 Å². The molecule has 200 valence electrons. The molecule has 0 aliphatic heterocycles. The van der Waals surface area contributed by atoms with E-state index in [9.17, 15) is 0 Å². The third-order valence-electron chi connectivity index (χ3n) is 10.4. The molecule has 3 aliphatic carbocycles. The van der Waals surface area contributed by atoms with Crippen molar-refractivity contribution >= 4 is 38.6 Å². The summed E-state index contributed by atoms with van der Waals surface area (Å²) in [6, 6.07) is 30.6. The topological polar surface area (TPSA) is 0 Å². The molecule has 0 saturated heterocycles. The molecule has 4 aromatic carbocycles. The molecule has 40 heavy (non-hydrogen) atoms. The van der Waals surface area contributed by atoms with Gasteiger partial charge in [0.25, 0.3) is 0 Å². The molecule has 0 N–H and O–H groups in total. The third kappa shape index (κ3) is 4.07. The van der Waals surface area contributed by atoms with Gasteiger partial charge < -0.3 is 0 Å². The summed E-state index contributed by atoms with van der Waals surface area (Å²) in [7, 11) is 0. The van der Waals surface area contributed by atoms with Gasteiger partial charge in [0.15, 0.2) is 0 Å². The molecule has 3 aliphatic rings. The van der Waals surface area contributed by atoms with Gasteiger partial charge in [-0.15, -0.1) is 0 Å². The molecule has 1 fully saturated rings. The van der Waals surface area contributed by atoms with Crippen LogP contribution in [0.3, 0.4) is 0 Å². The molecule has 4 aromatic rings. The Balaban J connectivity index is 1.41. The van der Waals surface area contributed by atoms with Crippen LogP contribution < -0.4 is 0 Å². The summed E-state index contributed by atoms with van der Waals surface area (Å²) >= 11 is 8.57. The van der Waals surface area contributed by atoms with Gasteiger partial charge in [0, 0.05) is 0 Å². The predicted octanol–water partition coefficient (Wildman–Crippen LogP) is 11.7. The van der Waals surface area contributed by atoms with Crippen molar-refractivity contribution in [1.29, 1.82) is 0 Å². The van der Waals surface area contributed by atoms with Crippen LogP contribution in [0.1, 0.15) is 55.3 Å². The van der Waals surface area contributed by atoms with E-state index in [0.29, 0.717) is 7.35 Å². The number of allylic oxidation sites excluding steroid dienone is 2. The molecule has 2 atom stereocenters. The van der Waals surface area contributed by atoms with Crippen LogP contribution in [-0.4, -0.2) is 3.26 Å². The number of fused-ring (bicyclic) bond motifs is 2. The summed E-state index contributed by atoms with van der Waals surface area (Å²) in [4.78, 5) is 0. The first kappa shape index (κ1) is 26.6. The van der Waals surface area contributed by atoms with Gasteiger partial charge in [0.1, 0.15) is 0 Å². The van der Waals surface area contributed by atoms with Crippen molar-refractivity contribution in [3.05, 3.63) is 129 Å². The van der Waals surface area contributed by atoms with Gasteiger partial charge in [-0.05, 0) is 0 Å². The molecule has 0 heterocycles. The van der Waals surface area contributed by atoms with Gasteiger partial charge in [-0.1, -0.05) is 0 Å². The Kier molecular flexibility index (Phi) is 6.58. The van der Waals surface area contributed by atoms with Gasteiger partial charge in [-0.3, -0.25) is 0 Å². The molecular weight excluding hydrogens is 694 g/mol. The summed E-state index contributed by atoms with van der Waals surface area (Å²) in [5, 5.41) is 1.56. The predicted molar refractivity (Wildman–Crippen MR) is 173 cm³/mol. The Morgan fingerprint density at radius 3 is 1.43 bits per heavy atom. The molecule has 0 aromatic heterocycles. The fourth-order valence-electron chi connectivity index (χ4n) is 8.21. The Labute approximate surface area is 249 Å². The molecule has 0 radical (unpaired) electrons. The fraction of sp³-hybridized carbons (Fsp3) is 0.216. The van der Waals surface area contributed by atoms with Crippen LogP contribution in [0.5, 0.6) is 0 Å². The average molecular weight is 728 g/mol. The van der Waals surface area contributed by atoms with E-state index in [1.165, 1.54) is 70.2 Å². The molecule has 0 amide bonds. The number of hydrogen-bond acceptors (Lipinski definition) is 0. The summed E-state index contributed by atoms with van der Waals surface area (Å²) in [5.74, 6) is 0. The first-order chi connectivity index (χ1) is 19.3. The van der Waals surface area contributed by atoms with Crippen LogP contribution in [0, 0.1) is 0 Å². The molecule has 0 nitrogen and oxygen atoms in total. The maximum atomic E-state index is 6.24. The van der Waals surface area contributed by atoms with Crippen molar-refractivity contribution in [2.45, 2.75) is 42.4 Å². The summed E-state index contributed by atoms with van der Waals surface area (Å²) in [6.45, 7) is 0. The molecule has 3 heteroatoms. The molecule has 7 rings (SSSR count). The molecule has 1 saturated carbocycles. The zero-order valence-corrected chi connectivity index (χ0v) is 28.2. The quantitative estimate of drug-likeness (QED) is 0.184. The SMILES string of the molecule is [CH3][Hf]([CH3])(=[C]1CCCC1)([CH]1C=Cc2c(-c3ccc(Cl)cc3)cccc21)[CH]1C=Cc2c(-c3ccc(Cl)cc3)cccc21. The van der Waals surface area contributed by atoms with Crippen molar-refractivity contribution in [2.24, 2.45) is 0 Å². The van der Waals surface area contributed by atoms with Gasteiger partial charge in [-0.25, -0.2) is 0 Å². The van der Waals surface area contributed by atoms with Crippen LogP contribution in [0.2, 0.25) is 19.4 Å². The van der Waals surface area contributed by atoms with Crippen LogP contribution >= 0.6 is 23.2 Å². The summed E-state index contributed by atoms with van der Waals surface area (Å²) in [5.41, 5.74) is 11.0. The Morgan fingerprint density at radius 1 is 0.575 bits per heavy atom. The number of benzene rings is 4. The van der Waals surface area contributed by atoms with Crippen LogP contribution in [0.15, 0.2) is 97.1 Å². The van der Waals surface area contributed by atoms with E-state index < -0.39 is 18.0 Å². The zero-order valence-electron chi connectivity index (χ0n) is 23.1. The zero-order chi connectivity index (χ0) is 27.5. The second-order valence-electron chi connectivity index (χ2n) is 12.7. The Bertz CT molecular complexity index is 1640. The Morgan fingerprint density at radius 2 is 1.00 bits per heavy atom. The van der Waals surface area contributed by atoms with E-state index in [1.54, 1.807) is 0 Å². The van der Waals surface area contributed by atoms with Crippen molar-refractivity contribution in [3.63, 3.8) is 0 Å². The van der Waals surface area contributed by atoms with E-state index in [2.05, 4.69) is 94.3 Å². The van der Waals surface area contributed by atoms with Crippen molar-refractivity contribution in [2.75, 3.05) is 0 Å². The van der Waals surface area contributed by atoms with Gasteiger partial charge in [0.05, 0.1) is 0 Å². The number of halogens is 2. The van der Waals surface area contributed by atoms with Gasteiger partial charge in [-0.2, -0.15) is 0 Å². The van der Waals surface area contributed by atoms with E-state index in [0.717, 1.165) is 10.0 Å². The number of hydrogen-bond donors (Lipinski definition) is 0. The summed E-state index contributed by atoms with van der Waals surface area (Å²) in [6.07, 6.45) is 15.3. The van der Waals surface area contributed by atoms with Crippen LogP contribution in [0.25, 0.3) is 34.4 Å². The van der Waals surface area contributed by atoms with E-state index >= 15 is 0 Å². The summed E-state index contributed by atoms with van der Waals surface area (Å²) < 4.78 is 8.49. The third-order valence-corrected chi connectivity index (χ3v) is 38.1. The monoisotopic (exact) mass is 728 g/mol. The van der Waals surface area contributed by atoms with Gasteiger partial charge >= 0.3 is 251 Å². The normalized spacial score (nSPS) is 19.8. The molecular formula is C37H34Cl2Hf. The second kappa shape index (κ2) is 9.90. The van der Waals surface area contributed by atoms with Crippen molar-refractivity contribution in [1.82, 2.24) is 0 Å². The molecule has 0 spiro atoms.